The van der Waals surface area contributed by atoms with Crippen LogP contribution in [0.2, 0.25) is 0 Å². The number of benzene rings is 1. The summed E-state index contributed by atoms with van der Waals surface area (Å²) in [6.45, 7) is 2.70. The van der Waals surface area contributed by atoms with Gasteiger partial charge in [0.2, 0.25) is 0 Å². The molecule has 1 aliphatic carbocycles. The van der Waals surface area contributed by atoms with Crippen LogP contribution < -0.4 is 4.74 Å². The second-order valence-corrected chi connectivity index (χ2v) is 4.52. The van der Waals surface area contributed by atoms with Crippen LogP contribution in [0.5, 0.6) is 5.75 Å². The fourth-order valence-electron chi connectivity index (χ4n) is 2.49. The molecule has 1 aromatic rings. The molecule has 2 atom stereocenters. The van der Waals surface area contributed by atoms with Crippen molar-refractivity contribution in [1.82, 2.24) is 0 Å². The van der Waals surface area contributed by atoms with E-state index >= 15 is 0 Å². The molecule has 0 amide bonds. The highest BCUT2D eigenvalue weighted by atomic mass is 16.5. The Morgan fingerprint density at radius 1 is 1.38 bits per heavy atom. The monoisotopic (exact) mass is 220 g/mol. The van der Waals surface area contributed by atoms with Gasteiger partial charge in [0.15, 0.2) is 0 Å². The van der Waals surface area contributed by atoms with Crippen molar-refractivity contribution < 1.29 is 9.84 Å². The van der Waals surface area contributed by atoms with E-state index in [9.17, 15) is 5.11 Å². The van der Waals surface area contributed by atoms with Crippen LogP contribution in [0.1, 0.15) is 44.1 Å². The predicted molar refractivity (Wildman–Crippen MR) is 64.8 cm³/mol. The van der Waals surface area contributed by atoms with E-state index in [1.54, 1.807) is 0 Å². The summed E-state index contributed by atoms with van der Waals surface area (Å²) in [7, 11) is 0. The number of aliphatic hydroxyl groups is 1. The van der Waals surface area contributed by atoms with Crippen molar-refractivity contribution in [3.63, 3.8) is 0 Å². The van der Waals surface area contributed by atoms with Gasteiger partial charge >= 0.3 is 0 Å². The standard InChI is InChI=1S/C14H20O2/c1-2-16-14-8-4-6-12(10-14)11-5-3-7-13(15)9-11/h4,6,8,10-11,13,15H,2-3,5,7,9H2,1H3. The average Bonchev–Trinajstić information content (AvgIpc) is 2.30. The maximum Gasteiger partial charge on any atom is 0.119 e. The van der Waals surface area contributed by atoms with E-state index in [1.807, 2.05) is 19.1 Å². The van der Waals surface area contributed by atoms with Crippen LogP contribution in [0.15, 0.2) is 24.3 Å². The fourth-order valence-corrected chi connectivity index (χ4v) is 2.49. The largest absolute Gasteiger partial charge is 0.494 e. The molecule has 0 aromatic heterocycles. The molecule has 0 bridgehead atoms. The summed E-state index contributed by atoms with van der Waals surface area (Å²) in [5.74, 6) is 1.45. The van der Waals surface area contributed by atoms with Crippen molar-refractivity contribution in [2.45, 2.75) is 44.6 Å². The highest BCUT2D eigenvalue weighted by Gasteiger charge is 2.21. The van der Waals surface area contributed by atoms with Crippen LogP contribution in [0.3, 0.4) is 0 Å². The van der Waals surface area contributed by atoms with Gasteiger partial charge in [0.05, 0.1) is 12.7 Å². The lowest BCUT2D eigenvalue weighted by Gasteiger charge is -2.26. The number of rotatable bonds is 3. The van der Waals surface area contributed by atoms with Crippen LogP contribution >= 0.6 is 0 Å². The second kappa shape index (κ2) is 5.35. The zero-order valence-corrected chi connectivity index (χ0v) is 9.86. The first-order valence-corrected chi connectivity index (χ1v) is 6.20. The van der Waals surface area contributed by atoms with Crippen molar-refractivity contribution in [3.8, 4) is 5.75 Å². The topological polar surface area (TPSA) is 29.5 Å². The first kappa shape index (κ1) is 11.5. The number of hydrogen-bond acceptors (Lipinski definition) is 2. The molecule has 2 heteroatoms. The molecule has 16 heavy (non-hydrogen) atoms. The number of aliphatic hydroxyl groups excluding tert-OH is 1. The van der Waals surface area contributed by atoms with E-state index in [1.165, 1.54) is 12.0 Å². The summed E-state index contributed by atoms with van der Waals surface area (Å²) in [6.07, 6.45) is 4.06. The third-order valence-electron chi connectivity index (χ3n) is 3.29. The molecule has 0 aliphatic heterocycles. The highest BCUT2D eigenvalue weighted by Crippen LogP contribution is 2.34. The van der Waals surface area contributed by atoms with Crippen LogP contribution in [-0.4, -0.2) is 17.8 Å². The molecular formula is C14H20O2. The molecule has 1 aromatic carbocycles. The molecule has 0 heterocycles. The number of ether oxygens (including phenoxy) is 1. The molecule has 1 aliphatic rings. The van der Waals surface area contributed by atoms with E-state index < -0.39 is 0 Å². The van der Waals surface area contributed by atoms with Gasteiger partial charge in [-0.2, -0.15) is 0 Å². The molecule has 0 spiro atoms. The van der Waals surface area contributed by atoms with Crippen molar-refractivity contribution in [3.05, 3.63) is 29.8 Å². The second-order valence-electron chi connectivity index (χ2n) is 4.52. The summed E-state index contributed by atoms with van der Waals surface area (Å²) < 4.78 is 5.50. The summed E-state index contributed by atoms with van der Waals surface area (Å²) in [4.78, 5) is 0. The minimum atomic E-state index is -0.116. The molecule has 1 fully saturated rings. The Morgan fingerprint density at radius 2 is 2.25 bits per heavy atom. The third kappa shape index (κ3) is 2.76. The van der Waals surface area contributed by atoms with Crippen LogP contribution in [0, 0.1) is 0 Å². The molecule has 2 rings (SSSR count). The van der Waals surface area contributed by atoms with Crippen molar-refractivity contribution in [1.29, 1.82) is 0 Å². The van der Waals surface area contributed by atoms with Gasteiger partial charge in [-0.1, -0.05) is 18.6 Å². The van der Waals surface area contributed by atoms with E-state index in [0.717, 1.165) is 25.0 Å². The minimum Gasteiger partial charge on any atom is -0.494 e. The van der Waals surface area contributed by atoms with Gasteiger partial charge in [0, 0.05) is 0 Å². The Labute approximate surface area is 97.3 Å². The lowest BCUT2D eigenvalue weighted by Crippen LogP contribution is -2.18. The van der Waals surface area contributed by atoms with E-state index in [2.05, 4.69) is 12.1 Å². The van der Waals surface area contributed by atoms with Gasteiger partial charge < -0.3 is 9.84 Å². The van der Waals surface area contributed by atoms with Crippen molar-refractivity contribution in [2.75, 3.05) is 6.61 Å². The fraction of sp³-hybridized carbons (Fsp3) is 0.571. The summed E-state index contributed by atoms with van der Waals surface area (Å²) in [5.41, 5.74) is 1.31. The minimum absolute atomic E-state index is 0.116. The molecule has 1 saturated carbocycles. The van der Waals surface area contributed by atoms with E-state index in [0.29, 0.717) is 12.5 Å². The first-order valence-electron chi connectivity index (χ1n) is 6.20. The van der Waals surface area contributed by atoms with Crippen molar-refractivity contribution in [2.24, 2.45) is 0 Å². The Kier molecular flexibility index (Phi) is 3.83. The summed E-state index contributed by atoms with van der Waals surface area (Å²) in [5, 5.41) is 9.68. The summed E-state index contributed by atoms with van der Waals surface area (Å²) in [6, 6.07) is 8.30. The van der Waals surface area contributed by atoms with Gasteiger partial charge in [-0.05, 0) is 49.8 Å². The SMILES string of the molecule is CCOc1cccc(C2CCCC(O)C2)c1. The van der Waals surface area contributed by atoms with E-state index in [-0.39, 0.29) is 6.10 Å². The lowest BCUT2D eigenvalue weighted by molar-refractivity contribution is 0.119. The Bertz CT molecular complexity index is 335. The Morgan fingerprint density at radius 3 is 3.00 bits per heavy atom. The maximum absolute atomic E-state index is 9.68. The first-order chi connectivity index (χ1) is 7.79. The molecule has 2 nitrogen and oxygen atoms in total. The Hall–Kier alpha value is -1.02. The normalized spacial score (nSPS) is 25.4. The third-order valence-corrected chi connectivity index (χ3v) is 3.29. The van der Waals surface area contributed by atoms with E-state index in [4.69, 9.17) is 4.74 Å². The van der Waals surface area contributed by atoms with Crippen LogP contribution in [0.25, 0.3) is 0 Å². The highest BCUT2D eigenvalue weighted by molar-refractivity contribution is 5.31. The summed E-state index contributed by atoms with van der Waals surface area (Å²) >= 11 is 0. The zero-order valence-electron chi connectivity index (χ0n) is 9.86. The molecule has 1 N–H and O–H groups in total. The van der Waals surface area contributed by atoms with Crippen LogP contribution in [0.4, 0.5) is 0 Å². The zero-order chi connectivity index (χ0) is 11.4. The smallest absolute Gasteiger partial charge is 0.119 e. The predicted octanol–water partition coefficient (Wildman–Crippen LogP) is 3.10. The van der Waals surface area contributed by atoms with Crippen molar-refractivity contribution >= 4 is 0 Å². The molecule has 0 radical (unpaired) electrons. The van der Waals surface area contributed by atoms with Gasteiger partial charge in [0.25, 0.3) is 0 Å². The average molecular weight is 220 g/mol. The molecule has 88 valence electrons. The quantitative estimate of drug-likeness (QED) is 0.848. The molecule has 0 saturated heterocycles. The molecule has 2 unspecified atom stereocenters. The Balaban J connectivity index is 2.09. The number of hydrogen-bond donors (Lipinski definition) is 1. The molecular weight excluding hydrogens is 200 g/mol. The van der Waals surface area contributed by atoms with Gasteiger partial charge in [0.1, 0.15) is 5.75 Å². The van der Waals surface area contributed by atoms with Gasteiger partial charge in [-0.15, -0.1) is 0 Å². The lowest BCUT2D eigenvalue weighted by atomic mass is 9.82. The maximum atomic E-state index is 9.68. The van der Waals surface area contributed by atoms with Gasteiger partial charge in [-0.3, -0.25) is 0 Å². The van der Waals surface area contributed by atoms with Crippen LogP contribution in [-0.2, 0) is 0 Å². The van der Waals surface area contributed by atoms with Gasteiger partial charge in [-0.25, -0.2) is 0 Å².